The Balaban J connectivity index is 1.75. The van der Waals surface area contributed by atoms with Crippen LogP contribution in [0, 0.1) is 5.92 Å². The van der Waals surface area contributed by atoms with Crippen LogP contribution in [0.1, 0.15) is 43.0 Å². The van der Waals surface area contributed by atoms with Crippen LogP contribution < -0.4 is 10.1 Å². The molecular formula is C17H20N2O2. The Morgan fingerprint density at radius 3 is 2.95 bits per heavy atom. The average molecular weight is 284 g/mol. The first-order valence-electron chi connectivity index (χ1n) is 7.75. The molecule has 2 aromatic rings. The van der Waals surface area contributed by atoms with Gasteiger partial charge in [-0.1, -0.05) is 0 Å². The fraction of sp³-hybridized carbons (Fsp3) is 0.471. The molecule has 21 heavy (non-hydrogen) atoms. The summed E-state index contributed by atoms with van der Waals surface area (Å²) in [5, 5.41) is 4.44. The van der Waals surface area contributed by atoms with Crippen LogP contribution in [0.2, 0.25) is 0 Å². The van der Waals surface area contributed by atoms with E-state index >= 15 is 0 Å². The zero-order valence-corrected chi connectivity index (χ0v) is 12.2. The molecule has 1 amide bonds. The van der Waals surface area contributed by atoms with Gasteiger partial charge in [0.15, 0.2) is 0 Å². The van der Waals surface area contributed by atoms with Gasteiger partial charge in [-0.25, -0.2) is 0 Å². The molecule has 0 saturated heterocycles. The molecule has 110 valence electrons. The molecular weight excluding hydrogens is 264 g/mol. The molecule has 0 aliphatic heterocycles. The molecule has 0 radical (unpaired) electrons. The number of methoxy groups -OCH3 is 1. The number of benzene rings is 1. The summed E-state index contributed by atoms with van der Waals surface area (Å²) in [5.41, 5.74) is 3.67. The molecule has 4 heteroatoms. The lowest BCUT2D eigenvalue weighted by molar-refractivity contribution is -0.123. The number of hydrogen-bond donors (Lipinski definition) is 2. The van der Waals surface area contributed by atoms with Gasteiger partial charge in [0, 0.05) is 28.1 Å². The number of aryl methyl sites for hydroxylation is 1. The highest BCUT2D eigenvalue weighted by Crippen LogP contribution is 2.38. The minimum Gasteiger partial charge on any atom is -0.497 e. The molecule has 1 fully saturated rings. The molecule has 1 aromatic heterocycles. The molecule has 1 atom stereocenters. The Morgan fingerprint density at radius 2 is 2.19 bits per heavy atom. The quantitative estimate of drug-likeness (QED) is 0.910. The van der Waals surface area contributed by atoms with Crippen molar-refractivity contribution in [1.82, 2.24) is 10.3 Å². The molecule has 1 unspecified atom stereocenters. The number of carbonyl (C=O) groups is 1. The SMILES string of the molecule is COc1ccc2[nH]c3c(c2c1)C(NC(=O)C1CC1)CCC3. The van der Waals surface area contributed by atoms with Crippen molar-refractivity contribution >= 4 is 16.8 Å². The van der Waals surface area contributed by atoms with E-state index in [-0.39, 0.29) is 17.9 Å². The summed E-state index contributed by atoms with van der Waals surface area (Å²) in [6, 6.07) is 6.25. The van der Waals surface area contributed by atoms with E-state index in [4.69, 9.17) is 4.74 Å². The van der Waals surface area contributed by atoms with Gasteiger partial charge in [0.1, 0.15) is 5.75 Å². The topological polar surface area (TPSA) is 54.1 Å². The molecule has 0 bridgehead atoms. The predicted molar refractivity (Wildman–Crippen MR) is 81.4 cm³/mol. The second-order valence-electron chi connectivity index (χ2n) is 6.16. The zero-order valence-electron chi connectivity index (χ0n) is 12.2. The van der Waals surface area contributed by atoms with E-state index in [0.29, 0.717) is 0 Å². The largest absolute Gasteiger partial charge is 0.497 e. The number of fused-ring (bicyclic) bond motifs is 3. The van der Waals surface area contributed by atoms with Crippen LogP contribution in [-0.2, 0) is 11.2 Å². The highest BCUT2D eigenvalue weighted by atomic mass is 16.5. The van der Waals surface area contributed by atoms with Gasteiger partial charge in [0.2, 0.25) is 5.91 Å². The molecule has 1 heterocycles. The van der Waals surface area contributed by atoms with E-state index in [1.807, 2.05) is 6.07 Å². The Kier molecular flexibility index (Phi) is 2.91. The van der Waals surface area contributed by atoms with Crippen molar-refractivity contribution < 1.29 is 9.53 Å². The average Bonchev–Trinajstić information content (AvgIpc) is 3.28. The van der Waals surface area contributed by atoms with Crippen LogP contribution in [-0.4, -0.2) is 18.0 Å². The first-order chi connectivity index (χ1) is 10.3. The van der Waals surface area contributed by atoms with Crippen LogP contribution in [0.25, 0.3) is 10.9 Å². The Bertz CT molecular complexity index is 700. The fourth-order valence-electron chi connectivity index (χ4n) is 3.38. The maximum Gasteiger partial charge on any atom is 0.223 e. The maximum atomic E-state index is 12.1. The number of rotatable bonds is 3. The second-order valence-corrected chi connectivity index (χ2v) is 6.16. The van der Waals surface area contributed by atoms with E-state index < -0.39 is 0 Å². The number of H-pyrrole nitrogens is 1. The number of aromatic nitrogens is 1. The third-order valence-electron chi connectivity index (χ3n) is 4.66. The number of ether oxygens (including phenoxy) is 1. The van der Waals surface area contributed by atoms with Crippen molar-refractivity contribution in [3.05, 3.63) is 29.5 Å². The number of hydrogen-bond acceptors (Lipinski definition) is 2. The van der Waals surface area contributed by atoms with Crippen LogP contribution in [0.3, 0.4) is 0 Å². The fourth-order valence-corrected chi connectivity index (χ4v) is 3.38. The van der Waals surface area contributed by atoms with Crippen molar-refractivity contribution in [3.8, 4) is 5.75 Å². The molecule has 4 rings (SSSR count). The van der Waals surface area contributed by atoms with E-state index in [0.717, 1.165) is 43.4 Å². The second kappa shape index (κ2) is 4.79. The van der Waals surface area contributed by atoms with Crippen molar-refractivity contribution in [2.24, 2.45) is 5.92 Å². The lowest BCUT2D eigenvalue weighted by Crippen LogP contribution is -2.31. The minimum atomic E-state index is 0.141. The Labute approximate surface area is 123 Å². The van der Waals surface area contributed by atoms with Crippen molar-refractivity contribution in [2.45, 2.75) is 38.1 Å². The van der Waals surface area contributed by atoms with Gasteiger partial charge in [0.05, 0.1) is 13.2 Å². The van der Waals surface area contributed by atoms with Gasteiger partial charge in [0.25, 0.3) is 0 Å². The number of nitrogens with one attached hydrogen (secondary N) is 2. The van der Waals surface area contributed by atoms with Crippen molar-refractivity contribution in [3.63, 3.8) is 0 Å². The van der Waals surface area contributed by atoms with Crippen LogP contribution in [0.5, 0.6) is 5.75 Å². The zero-order chi connectivity index (χ0) is 14.4. The van der Waals surface area contributed by atoms with Crippen LogP contribution >= 0.6 is 0 Å². The molecule has 1 saturated carbocycles. The standard InChI is InChI=1S/C17H20N2O2/c1-21-11-7-8-13-12(9-11)16-14(18-13)3-2-4-15(16)19-17(20)10-5-6-10/h7-10,15,18H,2-6H2,1H3,(H,19,20). The Morgan fingerprint density at radius 1 is 1.33 bits per heavy atom. The summed E-state index contributed by atoms with van der Waals surface area (Å²) in [7, 11) is 1.69. The summed E-state index contributed by atoms with van der Waals surface area (Å²) in [5.74, 6) is 1.35. The molecule has 1 aromatic carbocycles. The normalized spacial score (nSPS) is 21.1. The summed E-state index contributed by atoms with van der Waals surface area (Å²) < 4.78 is 5.35. The minimum absolute atomic E-state index is 0.141. The first-order valence-corrected chi connectivity index (χ1v) is 7.75. The van der Waals surface area contributed by atoms with Gasteiger partial charge >= 0.3 is 0 Å². The van der Waals surface area contributed by atoms with E-state index in [9.17, 15) is 4.79 Å². The third-order valence-corrected chi connectivity index (χ3v) is 4.66. The smallest absolute Gasteiger partial charge is 0.223 e. The van der Waals surface area contributed by atoms with Gasteiger partial charge < -0.3 is 15.0 Å². The maximum absolute atomic E-state index is 12.1. The predicted octanol–water partition coefficient (Wildman–Crippen LogP) is 3.08. The lowest BCUT2D eigenvalue weighted by Gasteiger charge is -2.24. The number of carbonyl (C=O) groups excluding carboxylic acids is 1. The molecule has 0 spiro atoms. The first kappa shape index (κ1) is 12.7. The van der Waals surface area contributed by atoms with Gasteiger partial charge in [-0.3, -0.25) is 4.79 Å². The molecule has 2 aliphatic carbocycles. The molecule has 4 nitrogen and oxygen atoms in total. The summed E-state index contributed by atoms with van der Waals surface area (Å²) >= 11 is 0. The number of aromatic amines is 1. The van der Waals surface area contributed by atoms with Crippen molar-refractivity contribution in [2.75, 3.05) is 7.11 Å². The molecule has 2 aliphatic rings. The van der Waals surface area contributed by atoms with Crippen LogP contribution in [0.15, 0.2) is 18.2 Å². The van der Waals surface area contributed by atoms with E-state index in [1.165, 1.54) is 16.6 Å². The van der Waals surface area contributed by atoms with Crippen molar-refractivity contribution in [1.29, 1.82) is 0 Å². The molecule has 2 N–H and O–H groups in total. The van der Waals surface area contributed by atoms with E-state index in [1.54, 1.807) is 7.11 Å². The summed E-state index contributed by atoms with van der Waals surface area (Å²) in [4.78, 5) is 15.6. The lowest BCUT2D eigenvalue weighted by atomic mass is 9.90. The monoisotopic (exact) mass is 284 g/mol. The van der Waals surface area contributed by atoms with Gasteiger partial charge in [-0.15, -0.1) is 0 Å². The highest BCUT2D eigenvalue weighted by Gasteiger charge is 2.33. The number of amides is 1. The van der Waals surface area contributed by atoms with E-state index in [2.05, 4.69) is 22.4 Å². The summed E-state index contributed by atoms with van der Waals surface area (Å²) in [6.07, 6.45) is 5.30. The third kappa shape index (κ3) is 2.19. The van der Waals surface area contributed by atoms with Gasteiger partial charge in [-0.2, -0.15) is 0 Å². The summed E-state index contributed by atoms with van der Waals surface area (Å²) in [6.45, 7) is 0. The van der Waals surface area contributed by atoms with Crippen LogP contribution in [0.4, 0.5) is 0 Å². The van der Waals surface area contributed by atoms with Gasteiger partial charge in [-0.05, 0) is 50.3 Å². The Hall–Kier alpha value is -1.97. The highest BCUT2D eigenvalue weighted by molar-refractivity contribution is 5.88.